The number of hydrogen-bond donors (Lipinski definition) is 0. The standard InChI is InChI=1S/C3ClF2I/c4-1-2(7)3(1,5)6. The van der Waals surface area contributed by atoms with Crippen molar-refractivity contribution in [3.63, 3.8) is 0 Å². The molecule has 0 aromatic carbocycles. The Kier molecular flexibility index (Phi) is 1.08. The van der Waals surface area contributed by atoms with E-state index in [1.807, 2.05) is 0 Å². The van der Waals surface area contributed by atoms with Crippen LogP contribution >= 0.6 is 34.2 Å². The molecule has 0 N–H and O–H groups in total. The molecule has 0 bridgehead atoms. The van der Waals surface area contributed by atoms with E-state index in [1.54, 1.807) is 0 Å². The molecule has 0 heterocycles. The molecule has 0 spiro atoms. The maximum atomic E-state index is 11.7. The highest BCUT2D eigenvalue weighted by Crippen LogP contribution is 2.55. The van der Waals surface area contributed by atoms with Gasteiger partial charge in [-0.2, -0.15) is 8.78 Å². The van der Waals surface area contributed by atoms with Crippen LogP contribution in [0.5, 0.6) is 0 Å². The number of hydrogen-bond acceptors (Lipinski definition) is 0. The highest BCUT2D eigenvalue weighted by atomic mass is 127. The van der Waals surface area contributed by atoms with Crippen molar-refractivity contribution in [2.75, 3.05) is 0 Å². The van der Waals surface area contributed by atoms with Gasteiger partial charge in [0.1, 0.15) is 5.03 Å². The molecule has 1 rings (SSSR count). The number of allylic oxidation sites excluding steroid dienone is 2. The molecule has 0 atom stereocenters. The first-order valence-corrected chi connectivity index (χ1v) is 2.96. The van der Waals surface area contributed by atoms with Gasteiger partial charge in [-0.1, -0.05) is 11.6 Å². The van der Waals surface area contributed by atoms with Crippen LogP contribution in [0.3, 0.4) is 0 Å². The first-order valence-electron chi connectivity index (χ1n) is 1.51. The van der Waals surface area contributed by atoms with Crippen molar-refractivity contribution < 1.29 is 8.78 Å². The van der Waals surface area contributed by atoms with Gasteiger partial charge in [-0.05, 0) is 22.6 Å². The lowest BCUT2D eigenvalue weighted by atomic mass is 10.7. The second-order valence-corrected chi connectivity index (χ2v) is 2.66. The molecule has 0 radical (unpaired) electrons. The summed E-state index contributed by atoms with van der Waals surface area (Å²) in [5.74, 6) is -2.75. The van der Waals surface area contributed by atoms with Crippen LogP contribution in [0, 0.1) is 0 Å². The molecule has 0 saturated heterocycles. The molecular formula is C3ClF2I. The predicted molar refractivity (Wildman–Crippen MR) is 31.8 cm³/mol. The van der Waals surface area contributed by atoms with Crippen molar-refractivity contribution in [2.45, 2.75) is 5.92 Å². The van der Waals surface area contributed by atoms with Crippen LogP contribution in [0.15, 0.2) is 8.61 Å². The summed E-state index contributed by atoms with van der Waals surface area (Å²) < 4.78 is 23.4. The van der Waals surface area contributed by atoms with Gasteiger partial charge < -0.3 is 0 Å². The Bertz CT molecular complexity index is 126. The van der Waals surface area contributed by atoms with E-state index in [4.69, 9.17) is 11.6 Å². The van der Waals surface area contributed by atoms with Gasteiger partial charge in [-0.15, -0.1) is 0 Å². The quantitative estimate of drug-likeness (QED) is 0.567. The molecule has 0 aliphatic heterocycles. The largest absolute Gasteiger partial charge is 0.316 e. The maximum absolute atomic E-state index is 11.7. The number of halogens is 4. The summed E-state index contributed by atoms with van der Waals surface area (Å²) in [4.78, 5) is 0. The van der Waals surface area contributed by atoms with Crippen LogP contribution in [0.4, 0.5) is 8.78 Å². The molecule has 0 fully saturated rings. The van der Waals surface area contributed by atoms with Gasteiger partial charge in [-0.25, -0.2) is 0 Å². The zero-order valence-electron chi connectivity index (χ0n) is 3.01. The SMILES string of the molecule is FC1(F)C(Cl)=C1I. The van der Waals surface area contributed by atoms with E-state index in [2.05, 4.69) is 0 Å². The van der Waals surface area contributed by atoms with E-state index in [0.717, 1.165) is 0 Å². The van der Waals surface area contributed by atoms with Crippen LogP contribution in [0.2, 0.25) is 0 Å². The van der Waals surface area contributed by atoms with Gasteiger partial charge in [-0.3, -0.25) is 0 Å². The van der Waals surface area contributed by atoms with Crippen LogP contribution in [-0.2, 0) is 0 Å². The van der Waals surface area contributed by atoms with Gasteiger partial charge in [0, 0.05) is 0 Å². The number of rotatable bonds is 0. The Morgan fingerprint density at radius 3 is 1.71 bits per heavy atom. The van der Waals surface area contributed by atoms with E-state index in [0.29, 0.717) is 0 Å². The summed E-state index contributed by atoms with van der Waals surface area (Å²) in [5, 5.41) is -0.298. The third-order valence-electron chi connectivity index (χ3n) is 0.682. The van der Waals surface area contributed by atoms with Gasteiger partial charge in [0.05, 0.1) is 3.58 Å². The smallest absolute Gasteiger partial charge is 0.194 e. The van der Waals surface area contributed by atoms with Crippen LogP contribution < -0.4 is 0 Å². The third-order valence-corrected chi connectivity index (χ3v) is 2.64. The second-order valence-electron chi connectivity index (χ2n) is 1.20. The number of alkyl halides is 2. The summed E-state index contributed by atoms with van der Waals surface area (Å²) >= 11 is 6.47. The van der Waals surface area contributed by atoms with Crippen molar-refractivity contribution >= 4 is 34.2 Å². The van der Waals surface area contributed by atoms with E-state index >= 15 is 0 Å². The highest BCUT2D eigenvalue weighted by molar-refractivity contribution is 14.1. The normalized spacial score (nSPS) is 25.7. The average Bonchev–Trinajstić information content (AvgIpc) is 1.91. The van der Waals surface area contributed by atoms with Crippen LogP contribution in [0.1, 0.15) is 0 Å². The summed E-state index contributed by atoms with van der Waals surface area (Å²) in [6.45, 7) is 0. The molecule has 0 amide bonds. The molecule has 1 aliphatic carbocycles. The van der Waals surface area contributed by atoms with E-state index < -0.39 is 5.92 Å². The second kappa shape index (κ2) is 1.31. The molecule has 7 heavy (non-hydrogen) atoms. The van der Waals surface area contributed by atoms with Crippen molar-refractivity contribution in [3.05, 3.63) is 8.61 Å². The van der Waals surface area contributed by atoms with Crippen LogP contribution in [-0.4, -0.2) is 5.92 Å². The fourth-order valence-corrected chi connectivity index (χ4v) is 0.983. The molecule has 0 aromatic heterocycles. The fourth-order valence-electron chi connectivity index (χ4n) is 0.184. The molecule has 0 unspecified atom stereocenters. The van der Waals surface area contributed by atoms with Gasteiger partial charge in [0.15, 0.2) is 0 Å². The topological polar surface area (TPSA) is 0 Å². The highest BCUT2D eigenvalue weighted by Gasteiger charge is 2.54. The zero-order valence-corrected chi connectivity index (χ0v) is 5.93. The van der Waals surface area contributed by atoms with E-state index in [-0.39, 0.29) is 8.61 Å². The Labute approximate surface area is 57.7 Å². The summed E-state index contributed by atoms with van der Waals surface area (Å²) in [6, 6.07) is 0. The van der Waals surface area contributed by atoms with Crippen LogP contribution in [0.25, 0.3) is 0 Å². The first-order chi connectivity index (χ1) is 3.07. The van der Waals surface area contributed by atoms with Gasteiger partial charge >= 0.3 is 5.92 Å². The van der Waals surface area contributed by atoms with Crippen molar-refractivity contribution in [1.82, 2.24) is 0 Å². The third kappa shape index (κ3) is 0.661. The minimum absolute atomic E-state index is 0.0215. The lowest BCUT2D eigenvalue weighted by molar-refractivity contribution is 0.147. The lowest BCUT2D eigenvalue weighted by Gasteiger charge is -1.85. The predicted octanol–water partition coefficient (Wildman–Crippen LogP) is 2.52. The average molecular weight is 236 g/mol. The fraction of sp³-hybridized carbons (Fsp3) is 0.333. The lowest BCUT2D eigenvalue weighted by Crippen LogP contribution is -1.90. The Morgan fingerprint density at radius 2 is 1.71 bits per heavy atom. The molecule has 0 saturated carbocycles. The molecule has 40 valence electrons. The minimum Gasteiger partial charge on any atom is -0.194 e. The zero-order chi connectivity index (χ0) is 5.65. The van der Waals surface area contributed by atoms with Crippen molar-refractivity contribution in [3.8, 4) is 0 Å². The minimum atomic E-state index is -2.75. The molecule has 0 nitrogen and oxygen atoms in total. The monoisotopic (exact) mass is 236 g/mol. The first kappa shape index (κ1) is 5.75. The molecular weight excluding hydrogens is 236 g/mol. The van der Waals surface area contributed by atoms with E-state index in [9.17, 15) is 8.78 Å². The molecule has 4 heteroatoms. The molecule has 0 aromatic rings. The van der Waals surface area contributed by atoms with Gasteiger partial charge in [0.2, 0.25) is 0 Å². The Morgan fingerprint density at radius 1 is 1.57 bits per heavy atom. The van der Waals surface area contributed by atoms with E-state index in [1.165, 1.54) is 22.6 Å². The summed E-state index contributed by atoms with van der Waals surface area (Å²) in [7, 11) is 0. The van der Waals surface area contributed by atoms with Crippen molar-refractivity contribution in [2.24, 2.45) is 0 Å². The summed E-state index contributed by atoms with van der Waals surface area (Å²) in [5.41, 5.74) is 0. The Hall–Kier alpha value is 0.620. The molecule has 1 aliphatic rings. The van der Waals surface area contributed by atoms with Gasteiger partial charge in [0.25, 0.3) is 0 Å². The summed E-state index contributed by atoms with van der Waals surface area (Å²) in [6.07, 6.45) is 0. The maximum Gasteiger partial charge on any atom is 0.316 e. The Balaban J connectivity index is 2.69. The van der Waals surface area contributed by atoms with Crippen molar-refractivity contribution in [1.29, 1.82) is 0 Å².